The molecule has 0 amide bonds. The number of Topliss-reactive ketones (excluding diaryl/α,β-unsaturated/α-hetero) is 1. The summed E-state index contributed by atoms with van der Waals surface area (Å²) in [7, 11) is 0. The lowest BCUT2D eigenvalue weighted by Gasteiger charge is -2.66. The second-order valence-corrected chi connectivity index (χ2v) is 12.1. The molecule has 2 aliphatic heterocycles. The van der Waals surface area contributed by atoms with Crippen LogP contribution in [-0.4, -0.2) is 46.1 Å². The molecule has 2 heterocycles. The quantitative estimate of drug-likeness (QED) is 0.571. The van der Waals surface area contributed by atoms with Gasteiger partial charge in [0.1, 0.15) is 11.9 Å². The lowest BCUT2D eigenvalue weighted by atomic mass is 9.44. The van der Waals surface area contributed by atoms with Crippen LogP contribution in [0, 0.1) is 34.5 Å². The minimum atomic E-state index is -1.53. The number of ether oxygens (including phenoxy) is 2. The molecule has 0 unspecified atom stereocenters. The molecule has 0 aromatic rings. The first-order valence-corrected chi connectivity index (χ1v) is 12.8. The average Bonchev–Trinajstić information content (AvgIpc) is 3.07. The maximum Gasteiger partial charge on any atom is 0.333 e. The summed E-state index contributed by atoms with van der Waals surface area (Å²) >= 11 is 0. The van der Waals surface area contributed by atoms with E-state index < -0.39 is 34.2 Å². The molecule has 0 bridgehead atoms. The van der Waals surface area contributed by atoms with E-state index in [1.165, 1.54) is 0 Å². The van der Waals surface area contributed by atoms with Gasteiger partial charge in [0.05, 0.1) is 23.0 Å². The van der Waals surface area contributed by atoms with E-state index in [2.05, 4.69) is 12.2 Å². The van der Waals surface area contributed by atoms with E-state index in [1.807, 2.05) is 26.8 Å². The second kappa shape index (κ2) is 6.92. The molecule has 1 saturated heterocycles. The van der Waals surface area contributed by atoms with Crippen LogP contribution in [-0.2, 0) is 19.1 Å². The highest BCUT2D eigenvalue weighted by atomic mass is 16.6. The van der Waals surface area contributed by atoms with Crippen molar-refractivity contribution in [1.29, 1.82) is 0 Å². The van der Waals surface area contributed by atoms with Gasteiger partial charge in [-0.25, -0.2) is 4.79 Å². The van der Waals surface area contributed by atoms with E-state index in [0.717, 1.165) is 24.0 Å². The molecule has 0 radical (unpaired) electrons. The fourth-order valence-electron chi connectivity index (χ4n) is 8.90. The Labute approximate surface area is 201 Å². The van der Waals surface area contributed by atoms with Crippen LogP contribution in [0.15, 0.2) is 34.9 Å². The zero-order chi connectivity index (χ0) is 24.3. The molecule has 6 aliphatic rings. The highest BCUT2D eigenvalue weighted by Gasteiger charge is 2.77. The smallest absolute Gasteiger partial charge is 0.333 e. The molecule has 6 rings (SSSR count). The first-order valence-electron chi connectivity index (χ1n) is 12.8. The van der Waals surface area contributed by atoms with E-state index >= 15 is 0 Å². The van der Waals surface area contributed by atoms with Crippen molar-refractivity contribution in [3.05, 3.63) is 34.9 Å². The van der Waals surface area contributed by atoms with E-state index in [1.54, 1.807) is 6.92 Å². The Bertz CT molecular complexity index is 1070. The highest BCUT2D eigenvalue weighted by molar-refractivity contribution is 5.92. The molecule has 0 aromatic heterocycles. The van der Waals surface area contributed by atoms with Crippen molar-refractivity contribution in [3.63, 3.8) is 0 Å². The van der Waals surface area contributed by atoms with Gasteiger partial charge >= 0.3 is 5.97 Å². The van der Waals surface area contributed by atoms with E-state index in [9.17, 15) is 19.8 Å². The summed E-state index contributed by atoms with van der Waals surface area (Å²) in [5, 5.41) is 24.5. The van der Waals surface area contributed by atoms with Gasteiger partial charge < -0.3 is 19.7 Å². The van der Waals surface area contributed by atoms with Crippen LogP contribution in [0.1, 0.15) is 66.2 Å². The van der Waals surface area contributed by atoms with Crippen molar-refractivity contribution < 1.29 is 29.3 Å². The molecule has 6 heteroatoms. The molecule has 34 heavy (non-hydrogen) atoms. The lowest BCUT2D eigenvalue weighted by Crippen LogP contribution is -2.74. The average molecular weight is 469 g/mol. The summed E-state index contributed by atoms with van der Waals surface area (Å²) in [6, 6.07) is 0. The molecule has 184 valence electrons. The number of ketones is 1. The van der Waals surface area contributed by atoms with Gasteiger partial charge in [-0.05, 0) is 63.4 Å². The van der Waals surface area contributed by atoms with Crippen LogP contribution in [0.5, 0.6) is 0 Å². The van der Waals surface area contributed by atoms with Crippen molar-refractivity contribution >= 4 is 11.8 Å². The fourth-order valence-corrected chi connectivity index (χ4v) is 8.90. The first kappa shape index (κ1) is 22.7. The SMILES string of the molecule is CC1=C(C)C(=O)O[C@@H]([C@H]2CO[C@@]3(O)C[C@H]4[C@@H](CC=C5C=CCC(=O)[C@@]54C)[C@@H]4CC[C@]2(O)[C@]43C)C1. The number of hydrogen-bond donors (Lipinski definition) is 2. The maximum atomic E-state index is 13.2. The largest absolute Gasteiger partial charge is 0.458 e. The number of cyclic esters (lactones) is 1. The predicted molar refractivity (Wildman–Crippen MR) is 124 cm³/mol. The molecule has 2 saturated carbocycles. The van der Waals surface area contributed by atoms with Crippen LogP contribution in [0.3, 0.4) is 0 Å². The number of carbonyl (C=O) groups excluding carboxylic acids is 2. The fraction of sp³-hybridized carbons (Fsp3) is 0.714. The topological polar surface area (TPSA) is 93.1 Å². The molecule has 0 spiro atoms. The van der Waals surface area contributed by atoms with E-state index in [0.29, 0.717) is 31.3 Å². The van der Waals surface area contributed by atoms with Gasteiger partial charge in [0.2, 0.25) is 0 Å². The number of fused-ring (bicyclic) bond motifs is 4. The molecule has 3 fully saturated rings. The van der Waals surface area contributed by atoms with Gasteiger partial charge in [-0.1, -0.05) is 30.7 Å². The third-order valence-electron chi connectivity index (χ3n) is 11.2. The van der Waals surface area contributed by atoms with Crippen LogP contribution >= 0.6 is 0 Å². The van der Waals surface area contributed by atoms with Crippen LogP contribution < -0.4 is 0 Å². The molecule has 9 atom stereocenters. The monoisotopic (exact) mass is 468 g/mol. The van der Waals surface area contributed by atoms with Gasteiger partial charge in [-0.2, -0.15) is 0 Å². The van der Waals surface area contributed by atoms with Crippen molar-refractivity contribution in [2.24, 2.45) is 34.5 Å². The van der Waals surface area contributed by atoms with E-state index in [-0.39, 0.29) is 36.1 Å². The molecule has 6 nitrogen and oxygen atoms in total. The zero-order valence-corrected chi connectivity index (χ0v) is 20.6. The Morgan fingerprint density at radius 3 is 2.59 bits per heavy atom. The third-order valence-corrected chi connectivity index (χ3v) is 11.2. The highest BCUT2D eigenvalue weighted by Crippen LogP contribution is 2.72. The number of esters is 1. The Morgan fingerprint density at radius 2 is 1.85 bits per heavy atom. The van der Waals surface area contributed by atoms with Gasteiger partial charge in [-0.3, -0.25) is 4.79 Å². The molecule has 4 aliphatic carbocycles. The molecular weight excluding hydrogens is 432 g/mol. The Balaban J connectivity index is 1.41. The van der Waals surface area contributed by atoms with Crippen molar-refractivity contribution in [2.75, 3.05) is 6.61 Å². The number of carbonyl (C=O) groups is 2. The summed E-state index contributed by atoms with van der Waals surface area (Å²) in [4.78, 5) is 25.7. The van der Waals surface area contributed by atoms with Crippen molar-refractivity contribution in [2.45, 2.75) is 83.7 Å². The standard InChI is InChI=1S/C28H36O6/c1-15-12-22(34-24(30)16(15)2)21-14-33-28(32)13-20-18(19-10-11-27(21,31)26(19,28)4)9-8-17-6-5-7-23(29)25(17,20)3/h5-6,8,18-22,31-32H,7,9-14H2,1-4H3/t18-,19-,20-,21+,22+,25-,26-,27+,28-/m0/s1. The summed E-state index contributed by atoms with van der Waals surface area (Å²) in [5.41, 5.74) is -0.0735. The summed E-state index contributed by atoms with van der Waals surface area (Å²) in [6.07, 6.45) is 9.21. The maximum absolute atomic E-state index is 13.2. The summed E-state index contributed by atoms with van der Waals surface area (Å²) in [6.45, 7) is 7.87. The minimum Gasteiger partial charge on any atom is -0.458 e. The lowest BCUT2D eigenvalue weighted by molar-refractivity contribution is -0.395. The normalized spacial score (nSPS) is 51.9. The Kier molecular flexibility index (Phi) is 4.62. The van der Waals surface area contributed by atoms with Crippen LogP contribution in [0.4, 0.5) is 0 Å². The summed E-state index contributed by atoms with van der Waals surface area (Å²) in [5.74, 6) is -1.91. The minimum absolute atomic E-state index is 0.00930. The van der Waals surface area contributed by atoms with Gasteiger partial charge in [0, 0.05) is 30.8 Å². The number of aliphatic hydroxyl groups is 2. The molecule has 2 N–H and O–H groups in total. The van der Waals surface area contributed by atoms with E-state index in [4.69, 9.17) is 9.47 Å². The molecule has 0 aromatic carbocycles. The van der Waals surface area contributed by atoms with Gasteiger partial charge in [0.15, 0.2) is 5.79 Å². The van der Waals surface area contributed by atoms with Gasteiger partial charge in [-0.15, -0.1) is 0 Å². The summed E-state index contributed by atoms with van der Waals surface area (Å²) < 4.78 is 12.1. The van der Waals surface area contributed by atoms with Crippen LogP contribution in [0.25, 0.3) is 0 Å². The predicted octanol–water partition coefficient (Wildman–Crippen LogP) is 3.62. The second-order valence-electron chi connectivity index (χ2n) is 12.1. The Morgan fingerprint density at radius 1 is 1.09 bits per heavy atom. The van der Waals surface area contributed by atoms with Gasteiger partial charge in [0.25, 0.3) is 0 Å². The van der Waals surface area contributed by atoms with Crippen molar-refractivity contribution in [1.82, 2.24) is 0 Å². The number of allylic oxidation sites excluding steroid dienone is 4. The molecular formula is C28H36O6. The third kappa shape index (κ3) is 2.47. The number of hydrogen-bond acceptors (Lipinski definition) is 6. The number of rotatable bonds is 1. The Hall–Kier alpha value is -1.76. The zero-order valence-electron chi connectivity index (χ0n) is 20.6. The van der Waals surface area contributed by atoms with Crippen LogP contribution in [0.2, 0.25) is 0 Å². The first-order chi connectivity index (χ1) is 16.0. The van der Waals surface area contributed by atoms with Crippen molar-refractivity contribution in [3.8, 4) is 0 Å².